The highest BCUT2D eigenvalue weighted by atomic mass is 16.3. The van der Waals surface area contributed by atoms with E-state index in [4.69, 9.17) is 10.2 Å². The maximum Gasteiger partial charge on any atom is 0.256 e. The number of hydrogen-bond acceptors (Lipinski definition) is 3. The third-order valence-corrected chi connectivity index (χ3v) is 3.84. The summed E-state index contributed by atoms with van der Waals surface area (Å²) in [6.07, 6.45) is 0. The lowest BCUT2D eigenvalue weighted by Gasteiger charge is -2.22. The molecular weight excluding hydrogens is 300 g/mol. The molecule has 0 saturated heterocycles. The van der Waals surface area contributed by atoms with Crippen LogP contribution in [0.15, 0.2) is 71.1 Å². The Labute approximate surface area is 141 Å². The van der Waals surface area contributed by atoms with Crippen molar-refractivity contribution in [2.75, 3.05) is 5.73 Å². The molecule has 0 bridgehead atoms. The van der Waals surface area contributed by atoms with Gasteiger partial charge in [0.15, 0.2) is 0 Å². The molecule has 0 spiro atoms. The van der Waals surface area contributed by atoms with E-state index in [2.05, 4.69) is 0 Å². The largest absolute Gasteiger partial charge is 0.464 e. The van der Waals surface area contributed by atoms with Crippen LogP contribution in [0.2, 0.25) is 0 Å². The molecule has 0 unspecified atom stereocenters. The first-order chi connectivity index (χ1) is 11.6. The van der Waals surface area contributed by atoms with E-state index in [1.807, 2.05) is 61.5 Å². The van der Waals surface area contributed by atoms with Crippen molar-refractivity contribution in [3.8, 4) is 0 Å². The van der Waals surface area contributed by atoms with Crippen molar-refractivity contribution >= 4 is 11.6 Å². The highest BCUT2D eigenvalue weighted by molar-refractivity contribution is 5.99. The molecule has 0 aliphatic rings. The number of aryl methyl sites for hydroxylation is 1. The van der Waals surface area contributed by atoms with Crippen molar-refractivity contribution in [2.45, 2.75) is 20.0 Å². The van der Waals surface area contributed by atoms with Gasteiger partial charge in [-0.3, -0.25) is 4.79 Å². The van der Waals surface area contributed by atoms with Gasteiger partial charge in [-0.15, -0.1) is 0 Å². The van der Waals surface area contributed by atoms with Crippen LogP contribution in [0.1, 0.15) is 27.4 Å². The Kier molecular flexibility index (Phi) is 4.66. The molecule has 1 heterocycles. The smallest absolute Gasteiger partial charge is 0.256 e. The number of rotatable bonds is 5. The van der Waals surface area contributed by atoms with Gasteiger partial charge in [0.25, 0.3) is 5.91 Å². The number of amides is 1. The Morgan fingerprint density at radius 3 is 2.33 bits per heavy atom. The molecule has 24 heavy (non-hydrogen) atoms. The molecule has 3 aromatic rings. The maximum absolute atomic E-state index is 13.0. The Morgan fingerprint density at radius 1 is 0.958 bits per heavy atom. The summed E-state index contributed by atoms with van der Waals surface area (Å²) in [4.78, 5) is 14.7. The molecule has 0 saturated carbocycles. The lowest BCUT2D eigenvalue weighted by atomic mass is 10.1. The van der Waals surface area contributed by atoms with Crippen LogP contribution in [0.25, 0.3) is 0 Å². The monoisotopic (exact) mass is 320 g/mol. The molecule has 0 fully saturated rings. The third-order valence-electron chi connectivity index (χ3n) is 3.84. The molecule has 2 N–H and O–H groups in total. The van der Waals surface area contributed by atoms with Crippen molar-refractivity contribution < 1.29 is 9.21 Å². The van der Waals surface area contributed by atoms with Gasteiger partial charge in [-0.05, 0) is 36.8 Å². The molecule has 4 nitrogen and oxygen atoms in total. The quantitative estimate of drug-likeness (QED) is 0.723. The summed E-state index contributed by atoms with van der Waals surface area (Å²) in [7, 11) is 0. The minimum atomic E-state index is -0.106. The van der Waals surface area contributed by atoms with Crippen molar-refractivity contribution in [2.24, 2.45) is 0 Å². The minimum absolute atomic E-state index is 0.106. The molecule has 1 amide bonds. The average Bonchev–Trinajstić information content (AvgIpc) is 3.00. The Bertz CT molecular complexity index is 824. The summed E-state index contributed by atoms with van der Waals surface area (Å²) in [6.45, 7) is 2.78. The number of hydrogen-bond donors (Lipinski definition) is 1. The fraction of sp³-hybridized carbons (Fsp3) is 0.150. The topological polar surface area (TPSA) is 59.5 Å². The second-order valence-corrected chi connectivity index (χ2v) is 5.75. The first-order valence-electron chi connectivity index (χ1n) is 7.86. The van der Waals surface area contributed by atoms with Crippen molar-refractivity contribution in [3.05, 3.63) is 89.4 Å². The van der Waals surface area contributed by atoms with Crippen LogP contribution in [-0.4, -0.2) is 10.8 Å². The molecule has 1 aromatic heterocycles. The van der Waals surface area contributed by atoms with Gasteiger partial charge in [0, 0.05) is 12.2 Å². The van der Waals surface area contributed by atoms with Crippen molar-refractivity contribution in [1.29, 1.82) is 0 Å². The van der Waals surface area contributed by atoms with E-state index in [9.17, 15) is 4.79 Å². The van der Waals surface area contributed by atoms with Crippen LogP contribution in [0.4, 0.5) is 5.69 Å². The average molecular weight is 320 g/mol. The molecule has 122 valence electrons. The van der Waals surface area contributed by atoms with E-state index in [1.165, 1.54) is 0 Å². The van der Waals surface area contributed by atoms with Crippen LogP contribution in [0.5, 0.6) is 0 Å². The van der Waals surface area contributed by atoms with Crippen LogP contribution in [0.3, 0.4) is 0 Å². The number of furan rings is 1. The predicted molar refractivity (Wildman–Crippen MR) is 94.3 cm³/mol. The first-order valence-corrected chi connectivity index (χ1v) is 7.86. The van der Waals surface area contributed by atoms with E-state index >= 15 is 0 Å². The van der Waals surface area contributed by atoms with E-state index < -0.39 is 0 Å². The summed E-state index contributed by atoms with van der Waals surface area (Å²) in [5, 5.41) is 0. The number of nitrogens with zero attached hydrogens (tertiary/aromatic N) is 1. The number of benzene rings is 2. The Hall–Kier alpha value is -3.01. The lowest BCUT2D eigenvalue weighted by molar-refractivity contribution is 0.0718. The molecule has 0 aliphatic carbocycles. The Balaban J connectivity index is 1.88. The predicted octanol–water partition coefficient (Wildman–Crippen LogP) is 4.01. The fourth-order valence-corrected chi connectivity index (χ4v) is 2.62. The molecule has 4 heteroatoms. The van der Waals surface area contributed by atoms with Gasteiger partial charge >= 0.3 is 0 Å². The molecule has 0 radical (unpaired) electrons. The van der Waals surface area contributed by atoms with Gasteiger partial charge in [-0.1, -0.05) is 42.5 Å². The van der Waals surface area contributed by atoms with Crippen LogP contribution >= 0.6 is 0 Å². The van der Waals surface area contributed by atoms with E-state index in [-0.39, 0.29) is 5.91 Å². The number of carbonyl (C=O) groups excluding carboxylic acids is 1. The number of nitrogen functional groups attached to an aromatic ring is 1. The number of nitrogens with two attached hydrogens (primary N) is 1. The summed E-state index contributed by atoms with van der Waals surface area (Å²) < 4.78 is 5.64. The minimum Gasteiger partial charge on any atom is -0.464 e. The second kappa shape index (κ2) is 7.04. The number of para-hydroxylation sites is 1. The zero-order valence-electron chi connectivity index (χ0n) is 13.6. The summed E-state index contributed by atoms with van der Waals surface area (Å²) in [6, 6.07) is 20.8. The highest BCUT2D eigenvalue weighted by Crippen LogP contribution is 2.19. The van der Waals surface area contributed by atoms with Crippen LogP contribution in [0, 0.1) is 6.92 Å². The zero-order chi connectivity index (χ0) is 16.9. The van der Waals surface area contributed by atoms with Crippen LogP contribution < -0.4 is 5.73 Å². The molecule has 0 aliphatic heterocycles. The van der Waals surface area contributed by atoms with Gasteiger partial charge < -0.3 is 15.1 Å². The van der Waals surface area contributed by atoms with E-state index in [0.717, 1.165) is 17.1 Å². The van der Waals surface area contributed by atoms with Gasteiger partial charge in [0.2, 0.25) is 0 Å². The van der Waals surface area contributed by atoms with Crippen molar-refractivity contribution in [1.82, 2.24) is 4.90 Å². The molecular formula is C20H20N2O2. The van der Waals surface area contributed by atoms with E-state index in [1.54, 1.807) is 17.0 Å². The van der Waals surface area contributed by atoms with Crippen molar-refractivity contribution in [3.63, 3.8) is 0 Å². The van der Waals surface area contributed by atoms with E-state index in [0.29, 0.717) is 24.3 Å². The summed E-state index contributed by atoms with van der Waals surface area (Å²) >= 11 is 0. The maximum atomic E-state index is 13.0. The standard InChI is InChI=1S/C20H20N2O2/c1-15-11-12-17(24-15)14-22(13-16-7-3-2-4-8-16)20(23)18-9-5-6-10-19(18)21/h2-12H,13-14,21H2,1H3. The third kappa shape index (κ3) is 3.66. The number of anilines is 1. The molecule has 2 aromatic carbocycles. The molecule has 3 rings (SSSR count). The SMILES string of the molecule is Cc1ccc(CN(Cc2ccccc2)C(=O)c2ccccc2N)o1. The summed E-state index contributed by atoms with van der Waals surface area (Å²) in [5.74, 6) is 1.48. The normalized spacial score (nSPS) is 10.5. The zero-order valence-corrected chi connectivity index (χ0v) is 13.6. The van der Waals surface area contributed by atoms with Gasteiger partial charge in [-0.2, -0.15) is 0 Å². The Morgan fingerprint density at radius 2 is 1.67 bits per heavy atom. The highest BCUT2D eigenvalue weighted by Gasteiger charge is 2.19. The van der Waals surface area contributed by atoms with Gasteiger partial charge in [0.05, 0.1) is 12.1 Å². The van der Waals surface area contributed by atoms with Gasteiger partial charge in [-0.25, -0.2) is 0 Å². The summed E-state index contributed by atoms with van der Waals surface area (Å²) in [5.41, 5.74) is 8.03. The number of carbonyl (C=O) groups is 1. The lowest BCUT2D eigenvalue weighted by Crippen LogP contribution is -2.30. The second-order valence-electron chi connectivity index (χ2n) is 5.75. The first kappa shape index (κ1) is 15.9. The van der Waals surface area contributed by atoms with Gasteiger partial charge in [0.1, 0.15) is 11.5 Å². The fourth-order valence-electron chi connectivity index (χ4n) is 2.62. The molecule has 0 atom stereocenters. The van der Waals surface area contributed by atoms with Crippen LogP contribution in [-0.2, 0) is 13.1 Å².